The van der Waals surface area contributed by atoms with E-state index in [1.807, 2.05) is 6.07 Å². The Morgan fingerprint density at radius 3 is 1.98 bits per heavy atom. The number of benzene rings is 5. The van der Waals surface area contributed by atoms with Crippen molar-refractivity contribution < 1.29 is 0 Å². The van der Waals surface area contributed by atoms with E-state index in [1.54, 1.807) is 0 Å². The third-order valence-electron chi connectivity index (χ3n) is 12.9. The molecule has 3 aliphatic rings. The lowest BCUT2D eigenvalue weighted by molar-refractivity contribution is 0.564. The summed E-state index contributed by atoms with van der Waals surface area (Å²) >= 11 is 0. The first kappa shape index (κ1) is 33.5. The summed E-state index contributed by atoms with van der Waals surface area (Å²) in [7, 11) is 0. The average Bonchev–Trinajstić information content (AvgIpc) is 3.64. The molecule has 8 bridgehead atoms. The quantitative estimate of drug-likeness (QED) is 0.185. The molecule has 0 saturated carbocycles. The first-order valence-corrected chi connectivity index (χ1v) is 19.6. The van der Waals surface area contributed by atoms with E-state index in [9.17, 15) is 0 Å². The van der Waals surface area contributed by atoms with Gasteiger partial charge in [-0.05, 0) is 58.9 Å². The fourth-order valence-corrected chi connectivity index (χ4v) is 10.6. The summed E-state index contributed by atoms with van der Waals surface area (Å²) in [6.45, 7) is 14.0. The number of allylic oxidation sites excluding steroid dienone is 4. The van der Waals surface area contributed by atoms with Crippen molar-refractivity contribution in [3.05, 3.63) is 167 Å². The van der Waals surface area contributed by atoms with Crippen molar-refractivity contribution in [3.63, 3.8) is 0 Å². The van der Waals surface area contributed by atoms with Gasteiger partial charge in [0.15, 0.2) is 11.6 Å². The number of rotatable bonds is 3. The third-order valence-corrected chi connectivity index (χ3v) is 12.9. The Balaban J connectivity index is 1.40. The third kappa shape index (κ3) is 4.62. The van der Waals surface area contributed by atoms with Crippen LogP contribution in [0.2, 0.25) is 0 Å². The van der Waals surface area contributed by atoms with Crippen LogP contribution in [0.4, 0.5) is 5.82 Å². The molecule has 270 valence electrons. The number of nitrogens with zero attached hydrogens (tertiary/aromatic N) is 4. The molecule has 0 fully saturated rings. The van der Waals surface area contributed by atoms with Crippen molar-refractivity contribution in [2.45, 2.75) is 64.7 Å². The molecule has 5 aromatic carbocycles. The number of hydrogen-bond donors (Lipinski definition) is 1. The molecule has 3 heterocycles. The van der Waals surface area contributed by atoms with E-state index in [1.165, 1.54) is 55.5 Å². The lowest BCUT2D eigenvalue weighted by Crippen LogP contribution is -2.33. The number of hydrogen-bond acceptors (Lipinski definition) is 4. The van der Waals surface area contributed by atoms with Crippen molar-refractivity contribution in [1.29, 1.82) is 0 Å². The SMILES string of the molecule is CCC1=C2C(C)C(c3ccccc3)=CC1(C)c1nc(-c3ccccc3)nc(n1)-c1cccc3c1C(C)(C)c1c-3cccc1-n1c(N)c(c3ccccc31)C2C. The second-order valence-corrected chi connectivity index (χ2v) is 16.3. The van der Waals surface area contributed by atoms with Gasteiger partial charge in [0.05, 0.1) is 16.6 Å². The van der Waals surface area contributed by atoms with Crippen molar-refractivity contribution in [3.8, 4) is 39.6 Å². The van der Waals surface area contributed by atoms with E-state index in [-0.39, 0.29) is 11.8 Å². The molecule has 2 aromatic heterocycles. The average molecular weight is 716 g/mol. The Hall–Kier alpha value is -6.07. The highest BCUT2D eigenvalue weighted by molar-refractivity contribution is 5.95. The van der Waals surface area contributed by atoms with E-state index in [2.05, 4.69) is 167 Å². The van der Waals surface area contributed by atoms with Gasteiger partial charge in [-0.25, -0.2) is 15.0 Å². The predicted molar refractivity (Wildman–Crippen MR) is 226 cm³/mol. The molecule has 0 amide bonds. The zero-order valence-corrected chi connectivity index (χ0v) is 32.4. The Morgan fingerprint density at radius 2 is 1.25 bits per heavy atom. The molecule has 2 N–H and O–H groups in total. The van der Waals surface area contributed by atoms with Gasteiger partial charge in [0.2, 0.25) is 0 Å². The summed E-state index contributed by atoms with van der Waals surface area (Å²) in [6.07, 6.45) is 3.29. The molecule has 55 heavy (non-hydrogen) atoms. The van der Waals surface area contributed by atoms with Crippen LogP contribution in [-0.4, -0.2) is 19.5 Å². The van der Waals surface area contributed by atoms with Gasteiger partial charge in [0.1, 0.15) is 11.6 Å². The van der Waals surface area contributed by atoms with Crippen LogP contribution in [0.15, 0.2) is 139 Å². The maximum absolute atomic E-state index is 7.59. The first-order chi connectivity index (χ1) is 26.6. The highest BCUT2D eigenvalue weighted by Crippen LogP contribution is 2.57. The number of aromatic nitrogens is 4. The molecule has 5 heteroatoms. The van der Waals surface area contributed by atoms with Gasteiger partial charge in [-0.1, -0.05) is 161 Å². The normalized spacial score (nSPS) is 20.6. The van der Waals surface area contributed by atoms with Crippen LogP contribution in [0, 0.1) is 5.92 Å². The summed E-state index contributed by atoms with van der Waals surface area (Å²) in [5, 5.41) is 1.19. The summed E-state index contributed by atoms with van der Waals surface area (Å²) in [5.74, 6) is 3.05. The van der Waals surface area contributed by atoms with Crippen LogP contribution in [-0.2, 0) is 10.8 Å². The molecule has 5 nitrogen and oxygen atoms in total. The summed E-state index contributed by atoms with van der Waals surface area (Å²) < 4.78 is 2.34. The lowest BCUT2D eigenvalue weighted by Gasteiger charge is -2.41. The fourth-order valence-electron chi connectivity index (χ4n) is 10.6. The van der Waals surface area contributed by atoms with Gasteiger partial charge in [0, 0.05) is 39.3 Å². The Morgan fingerprint density at radius 1 is 0.636 bits per heavy atom. The van der Waals surface area contributed by atoms with Crippen LogP contribution < -0.4 is 5.73 Å². The van der Waals surface area contributed by atoms with Crippen molar-refractivity contribution in [1.82, 2.24) is 19.5 Å². The summed E-state index contributed by atoms with van der Waals surface area (Å²) in [6, 6.07) is 43.3. The molecular formula is C50H45N5. The summed E-state index contributed by atoms with van der Waals surface area (Å²) in [4.78, 5) is 16.4. The second kappa shape index (κ2) is 12.0. The predicted octanol–water partition coefficient (Wildman–Crippen LogP) is 11.9. The van der Waals surface area contributed by atoms with Gasteiger partial charge in [-0.15, -0.1) is 0 Å². The zero-order chi connectivity index (χ0) is 37.8. The van der Waals surface area contributed by atoms with Crippen molar-refractivity contribution >= 4 is 22.3 Å². The number of fused-ring (bicyclic) bond motifs is 12. The molecule has 7 aromatic rings. The monoisotopic (exact) mass is 715 g/mol. The van der Waals surface area contributed by atoms with Gasteiger partial charge >= 0.3 is 0 Å². The fraction of sp³-hybridized carbons (Fsp3) is 0.220. The minimum absolute atomic E-state index is 0.00541. The zero-order valence-electron chi connectivity index (χ0n) is 32.4. The first-order valence-electron chi connectivity index (χ1n) is 19.6. The van der Waals surface area contributed by atoms with Gasteiger partial charge in [-0.2, -0.15) is 0 Å². The minimum Gasteiger partial charge on any atom is -0.385 e. The van der Waals surface area contributed by atoms with Crippen LogP contribution in [0.1, 0.15) is 82.0 Å². The molecule has 2 aliphatic carbocycles. The van der Waals surface area contributed by atoms with E-state index < -0.39 is 10.8 Å². The number of anilines is 1. The van der Waals surface area contributed by atoms with Crippen LogP contribution in [0.5, 0.6) is 0 Å². The number of para-hydroxylation sites is 1. The molecule has 0 radical (unpaired) electrons. The molecule has 10 rings (SSSR count). The number of nitrogen functional groups attached to an aromatic ring is 1. The van der Waals surface area contributed by atoms with E-state index >= 15 is 0 Å². The molecule has 3 atom stereocenters. The number of nitrogens with two attached hydrogens (primary N) is 1. The molecule has 0 saturated heterocycles. The van der Waals surface area contributed by atoms with Crippen LogP contribution in [0.3, 0.4) is 0 Å². The maximum atomic E-state index is 7.59. The van der Waals surface area contributed by atoms with E-state index in [0.717, 1.165) is 40.4 Å². The highest BCUT2D eigenvalue weighted by Gasteiger charge is 2.45. The molecular weight excluding hydrogens is 671 g/mol. The Labute approximate surface area is 323 Å². The Bertz CT molecular complexity index is 2770. The van der Waals surface area contributed by atoms with Crippen LogP contribution >= 0.6 is 0 Å². The van der Waals surface area contributed by atoms with E-state index in [0.29, 0.717) is 11.6 Å². The van der Waals surface area contributed by atoms with Crippen molar-refractivity contribution in [2.75, 3.05) is 5.73 Å². The van der Waals surface area contributed by atoms with Gasteiger partial charge < -0.3 is 5.73 Å². The topological polar surface area (TPSA) is 69.6 Å². The van der Waals surface area contributed by atoms with Crippen molar-refractivity contribution in [2.24, 2.45) is 5.92 Å². The smallest absolute Gasteiger partial charge is 0.164 e. The minimum atomic E-state index is -0.647. The van der Waals surface area contributed by atoms with Gasteiger partial charge in [0.25, 0.3) is 0 Å². The molecule has 0 spiro atoms. The second-order valence-electron chi connectivity index (χ2n) is 16.3. The largest absolute Gasteiger partial charge is 0.385 e. The van der Waals surface area contributed by atoms with Gasteiger partial charge in [-0.3, -0.25) is 4.57 Å². The standard InChI is InChI=1S/C50H45N5/c1-7-38-41-29(2)37(31-18-10-8-11-19-31)28-50(38,6)48-53-46(32-20-12-9-13-21-32)52-47(54-48)36-25-16-23-33-34-24-17-27-40(44(34)49(4,5)43(33)36)55-39-26-15-14-22-35(39)42(30(41)3)45(55)51/h8-30H,7,51H2,1-6H3. The lowest BCUT2D eigenvalue weighted by atomic mass is 9.63. The molecule has 1 aliphatic heterocycles. The maximum Gasteiger partial charge on any atom is 0.164 e. The Kier molecular flexibility index (Phi) is 7.29. The summed E-state index contributed by atoms with van der Waals surface area (Å²) in [5.41, 5.74) is 22.1. The molecule has 3 unspecified atom stereocenters. The van der Waals surface area contributed by atoms with E-state index in [4.69, 9.17) is 20.7 Å². The highest BCUT2D eigenvalue weighted by atomic mass is 15.1. The van der Waals surface area contributed by atoms with Crippen LogP contribution in [0.25, 0.3) is 56.1 Å².